The first-order valence-electron chi connectivity index (χ1n) is 9.45. The summed E-state index contributed by atoms with van der Waals surface area (Å²) < 4.78 is 10.7. The molecule has 9 nitrogen and oxygen atoms in total. The van der Waals surface area contributed by atoms with E-state index in [-0.39, 0.29) is 6.54 Å². The third kappa shape index (κ3) is 6.95. The SMILES string of the molecule is CC(C)(C)OC(=O)N(Cc1cnc(N2CCNCC2)nc1)C(=O)OC(C)(C)C. The molecule has 9 heteroatoms. The van der Waals surface area contributed by atoms with Crippen molar-refractivity contribution in [3.8, 4) is 0 Å². The summed E-state index contributed by atoms with van der Waals surface area (Å²) in [6.45, 7) is 13.8. The van der Waals surface area contributed by atoms with Crippen LogP contribution in [0.3, 0.4) is 0 Å². The van der Waals surface area contributed by atoms with Crippen LogP contribution in [0.4, 0.5) is 15.5 Å². The Labute approximate surface area is 166 Å². The lowest BCUT2D eigenvalue weighted by Gasteiger charge is -2.29. The molecular weight excluding hydrogens is 362 g/mol. The smallest absolute Gasteiger partial charge is 0.420 e. The maximum Gasteiger partial charge on any atom is 0.420 e. The minimum atomic E-state index is -0.770. The third-order valence-corrected chi connectivity index (χ3v) is 3.66. The van der Waals surface area contributed by atoms with Crippen molar-refractivity contribution in [3.63, 3.8) is 0 Å². The van der Waals surface area contributed by atoms with Crippen LogP contribution in [0.2, 0.25) is 0 Å². The van der Waals surface area contributed by atoms with E-state index in [1.165, 1.54) is 0 Å². The topological polar surface area (TPSA) is 96.9 Å². The van der Waals surface area contributed by atoms with Gasteiger partial charge < -0.3 is 19.7 Å². The van der Waals surface area contributed by atoms with E-state index in [0.29, 0.717) is 11.5 Å². The van der Waals surface area contributed by atoms with Gasteiger partial charge in [0.05, 0.1) is 6.54 Å². The Morgan fingerprint density at radius 3 is 1.89 bits per heavy atom. The average Bonchev–Trinajstić information content (AvgIpc) is 2.58. The number of hydrogen-bond donors (Lipinski definition) is 1. The number of carbonyl (C=O) groups excluding carboxylic acids is 2. The average molecular weight is 393 g/mol. The summed E-state index contributed by atoms with van der Waals surface area (Å²) in [4.78, 5) is 36.9. The molecule has 0 aliphatic carbocycles. The first kappa shape index (κ1) is 21.9. The summed E-state index contributed by atoms with van der Waals surface area (Å²) in [5.41, 5.74) is -0.865. The second-order valence-electron chi connectivity index (χ2n) is 8.68. The van der Waals surface area contributed by atoms with E-state index < -0.39 is 23.4 Å². The van der Waals surface area contributed by atoms with Gasteiger partial charge in [-0.25, -0.2) is 24.5 Å². The molecule has 1 aromatic heterocycles. The molecule has 0 saturated carbocycles. The fraction of sp³-hybridized carbons (Fsp3) is 0.684. The standard InChI is InChI=1S/C19H31N5O4/c1-18(2,3)27-16(25)24(17(26)28-19(4,5)6)13-14-11-21-15(22-12-14)23-9-7-20-8-10-23/h11-12,20H,7-10,13H2,1-6H3. The third-order valence-electron chi connectivity index (χ3n) is 3.66. The van der Waals surface area contributed by atoms with Crippen molar-refractivity contribution in [2.75, 3.05) is 31.1 Å². The van der Waals surface area contributed by atoms with E-state index >= 15 is 0 Å². The zero-order valence-corrected chi connectivity index (χ0v) is 17.6. The zero-order chi connectivity index (χ0) is 20.9. The molecule has 1 aliphatic rings. The number of piperazine rings is 1. The van der Waals surface area contributed by atoms with Crippen LogP contribution in [-0.2, 0) is 16.0 Å². The number of rotatable bonds is 3. The van der Waals surface area contributed by atoms with Crippen molar-refractivity contribution in [1.82, 2.24) is 20.2 Å². The van der Waals surface area contributed by atoms with E-state index in [4.69, 9.17) is 9.47 Å². The summed E-state index contributed by atoms with van der Waals surface area (Å²) in [7, 11) is 0. The fourth-order valence-corrected chi connectivity index (χ4v) is 2.48. The Kier molecular flexibility index (Phi) is 6.82. The second kappa shape index (κ2) is 8.72. The number of carbonyl (C=O) groups is 2. The van der Waals surface area contributed by atoms with Crippen molar-refractivity contribution in [2.45, 2.75) is 59.3 Å². The minimum absolute atomic E-state index is 0.0360. The number of amides is 2. The van der Waals surface area contributed by atoms with Gasteiger partial charge in [0, 0.05) is 44.1 Å². The molecule has 28 heavy (non-hydrogen) atoms. The van der Waals surface area contributed by atoms with E-state index in [1.807, 2.05) is 0 Å². The molecule has 0 aromatic carbocycles. The van der Waals surface area contributed by atoms with Gasteiger partial charge in [0.1, 0.15) is 11.2 Å². The van der Waals surface area contributed by atoms with E-state index in [9.17, 15) is 9.59 Å². The largest absolute Gasteiger partial charge is 0.443 e. The van der Waals surface area contributed by atoms with Crippen LogP contribution in [0.1, 0.15) is 47.1 Å². The first-order valence-corrected chi connectivity index (χ1v) is 9.45. The molecule has 1 N–H and O–H groups in total. The Hall–Kier alpha value is -2.42. The van der Waals surface area contributed by atoms with Gasteiger partial charge in [-0.15, -0.1) is 0 Å². The van der Waals surface area contributed by atoms with E-state index in [2.05, 4.69) is 20.2 Å². The number of ether oxygens (including phenoxy) is 2. The highest BCUT2D eigenvalue weighted by Gasteiger charge is 2.31. The summed E-state index contributed by atoms with van der Waals surface area (Å²) in [5, 5.41) is 3.28. The molecule has 156 valence electrons. The van der Waals surface area contributed by atoms with Gasteiger partial charge in [0.2, 0.25) is 5.95 Å². The van der Waals surface area contributed by atoms with Gasteiger partial charge in [-0.3, -0.25) is 0 Å². The van der Waals surface area contributed by atoms with Gasteiger partial charge in [-0.1, -0.05) is 0 Å². The van der Waals surface area contributed by atoms with Crippen molar-refractivity contribution in [2.24, 2.45) is 0 Å². The number of anilines is 1. The Balaban J connectivity index is 2.14. The lowest BCUT2D eigenvalue weighted by atomic mass is 10.2. The van der Waals surface area contributed by atoms with Crippen LogP contribution in [0.5, 0.6) is 0 Å². The molecule has 0 bridgehead atoms. The second-order valence-corrected chi connectivity index (χ2v) is 8.68. The summed E-state index contributed by atoms with van der Waals surface area (Å²) in [6.07, 6.45) is 1.69. The lowest BCUT2D eigenvalue weighted by Crippen LogP contribution is -2.44. The molecule has 2 rings (SSSR count). The molecular formula is C19H31N5O4. The van der Waals surface area contributed by atoms with Crippen LogP contribution in [0.15, 0.2) is 12.4 Å². The number of aromatic nitrogens is 2. The minimum Gasteiger partial charge on any atom is -0.443 e. The summed E-state index contributed by atoms with van der Waals surface area (Å²) in [6, 6.07) is 0. The molecule has 1 aliphatic heterocycles. The summed E-state index contributed by atoms with van der Waals surface area (Å²) in [5.74, 6) is 0.631. The number of imide groups is 1. The fourth-order valence-electron chi connectivity index (χ4n) is 2.48. The van der Waals surface area contributed by atoms with Gasteiger partial charge in [0.25, 0.3) is 0 Å². The van der Waals surface area contributed by atoms with Crippen molar-refractivity contribution in [3.05, 3.63) is 18.0 Å². The van der Waals surface area contributed by atoms with Crippen LogP contribution >= 0.6 is 0 Å². The zero-order valence-electron chi connectivity index (χ0n) is 17.6. The summed E-state index contributed by atoms with van der Waals surface area (Å²) >= 11 is 0. The predicted molar refractivity (Wildman–Crippen MR) is 105 cm³/mol. The highest BCUT2D eigenvalue weighted by Crippen LogP contribution is 2.17. The maximum atomic E-state index is 12.6. The molecule has 0 spiro atoms. The van der Waals surface area contributed by atoms with Gasteiger partial charge in [-0.05, 0) is 41.5 Å². The normalized spacial score (nSPS) is 15.1. The van der Waals surface area contributed by atoms with Crippen molar-refractivity contribution in [1.29, 1.82) is 0 Å². The quantitative estimate of drug-likeness (QED) is 0.837. The molecule has 0 unspecified atom stereocenters. The molecule has 1 saturated heterocycles. The van der Waals surface area contributed by atoms with E-state index in [0.717, 1.165) is 31.1 Å². The number of hydrogen-bond acceptors (Lipinski definition) is 8. The highest BCUT2D eigenvalue weighted by atomic mass is 16.6. The van der Waals surface area contributed by atoms with Crippen LogP contribution in [-0.4, -0.2) is 64.4 Å². The lowest BCUT2D eigenvalue weighted by molar-refractivity contribution is -0.000271. The molecule has 2 heterocycles. The van der Waals surface area contributed by atoms with Crippen LogP contribution in [0.25, 0.3) is 0 Å². The van der Waals surface area contributed by atoms with Gasteiger partial charge in [-0.2, -0.15) is 0 Å². The molecule has 2 amide bonds. The number of nitrogens with one attached hydrogen (secondary N) is 1. The van der Waals surface area contributed by atoms with Crippen LogP contribution in [0, 0.1) is 0 Å². The number of nitrogens with zero attached hydrogens (tertiary/aromatic N) is 4. The maximum absolute atomic E-state index is 12.6. The monoisotopic (exact) mass is 393 g/mol. The molecule has 1 fully saturated rings. The Bertz CT molecular complexity index is 645. The molecule has 0 radical (unpaired) electrons. The van der Waals surface area contributed by atoms with Gasteiger partial charge >= 0.3 is 12.2 Å². The van der Waals surface area contributed by atoms with Crippen molar-refractivity contribution >= 4 is 18.1 Å². The first-order chi connectivity index (χ1) is 12.9. The van der Waals surface area contributed by atoms with Crippen LogP contribution < -0.4 is 10.2 Å². The molecule has 0 atom stereocenters. The van der Waals surface area contributed by atoms with Gasteiger partial charge in [0.15, 0.2) is 0 Å². The predicted octanol–water partition coefficient (Wildman–Crippen LogP) is 2.56. The molecule has 1 aromatic rings. The Morgan fingerprint density at radius 1 is 1.00 bits per heavy atom. The highest BCUT2D eigenvalue weighted by molar-refractivity contribution is 5.88. The Morgan fingerprint density at radius 2 is 1.46 bits per heavy atom. The van der Waals surface area contributed by atoms with E-state index in [1.54, 1.807) is 53.9 Å². The van der Waals surface area contributed by atoms with Crippen molar-refractivity contribution < 1.29 is 19.1 Å².